The second-order valence-corrected chi connectivity index (χ2v) is 5.78. The molecule has 0 amide bonds. The van der Waals surface area contributed by atoms with Crippen molar-refractivity contribution < 1.29 is 4.74 Å². The van der Waals surface area contributed by atoms with Crippen molar-refractivity contribution in [2.24, 2.45) is 0 Å². The molecule has 1 nitrogen and oxygen atoms in total. The zero-order chi connectivity index (χ0) is 10.7. The van der Waals surface area contributed by atoms with E-state index in [4.69, 9.17) is 4.74 Å². The third-order valence-electron chi connectivity index (χ3n) is 2.38. The van der Waals surface area contributed by atoms with Crippen LogP contribution in [0.4, 0.5) is 0 Å². The zero-order valence-corrected chi connectivity index (χ0v) is 12.1. The van der Waals surface area contributed by atoms with E-state index in [0.717, 1.165) is 4.43 Å². The number of hydrogen-bond acceptors (Lipinski definition) is 3. The van der Waals surface area contributed by atoms with E-state index in [2.05, 4.69) is 57.6 Å². The highest BCUT2D eigenvalue weighted by molar-refractivity contribution is 14.1. The molecule has 0 atom stereocenters. The van der Waals surface area contributed by atoms with Gasteiger partial charge in [-0.25, -0.2) is 0 Å². The standard InChI is InChI=1S/C11H11IOS2/c1-13-11(8-12,9-4-2-6-14-9)10-5-3-7-15-10/h2-7H,8H2,1H3. The van der Waals surface area contributed by atoms with Gasteiger partial charge in [0.2, 0.25) is 0 Å². The van der Waals surface area contributed by atoms with Crippen LogP contribution in [-0.2, 0) is 10.3 Å². The van der Waals surface area contributed by atoms with Crippen LogP contribution >= 0.6 is 45.3 Å². The van der Waals surface area contributed by atoms with Gasteiger partial charge in [0.05, 0.1) is 0 Å². The van der Waals surface area contributed by atoms with Crippen LogP contribution in [0.1, 0.15) is 9.75 Å². The molecule has 0 saturated carbocycles. The fraction of sp³-hybridized carbons (Fsp3) is 0.273. The van der Waals surface area contributed by atoms with Crippen LogP contribution in [0.3, 0.4) is 0 Å². The molecule has 2 aromatic heterocycles. The van der Waals surface area contributed by atoms with Crippen molar-refractivity contribution in [3.63, 3.8) is 0 Å². The van der Waals surface area contributed by atoms with Gasteiger partial charge in [-0.1, -0.05) is 34.7 Å². The van der Waals surface area contributed by atoms with E-state index in [1.54, 1.807) is 29.8 Å². The van der Waals surface area contributed by atoms with Crippen molar-refractivity contribution in [1.82, 2.24) is 0 Å². The lowest BCUT2D eigenvalue weighted by atomic mass is 10.0. The Morgan fingerprint density at radius 2 is 1.73 bits per heavy atom. The van der Waals surface area contributed by atoms with Crippen LogP contribution in [-0.4, -0.2) is 11.5 Å². The predicted molar refractivity (Wildman–Crippen MR) is 75.3 cm³/mol. The Bertz CT molecular complexity index is 354. The average molecular weight is 350 g/mol. The Balaban J connectivity index is 2.50. The number of halogens is 1. The summed E-state index contributed by atoms with van der Waals surface area (Å²) in [7, 11) is 1.79. The summed E-state index contributed by atoms with van der Waals surface area (Å²) < 4.78 is 6.72. The fourth-order valence-corrected chi connectivity index (χ4v) is 5.07. The number of methoxy groups -OCH3 is 1. The first-order valence-corrected chi connectivity index (χ1v) is 7.81. The third kappa shape index (κ3) is 2.00. The lowest BCUT2D eigenvalue weighted by Crippen LogP contribution is -2.29. The number of rotatable bonds is 4. The molecular formula is C11H11IOS2. The second kappa shape index (κ2) is 4.95. The van der Waals surface area contributed by atoms with Gasteiger partial charge in [-0.2, -0.15) is 0 Å². The molecule has 0 fully saturated rings. The Morgan fingerprint density at radius 3 is 2.00 bits per heavy atom. The lowest BCUT2D eigenvalue weighted by molar-refractivity contribution is 0.0524. The molecule has 0 radical (unpaired) electrons. The smallest absolute Gasteiger partial charge is 0.145 e. The molecule has 0 N–H and O–H groups in total. The van der Waals surface area contributed by atoms with Crippen molar-refractivity contribution in [3.05, 3.63) is 44.8 Å². The van der Waals surface area contributed by atoms with Gasteiger partial charge in [0.15, 0.2) is 0 Å². The SMILES string of the molecule is COC(CI)(c1cccs1)c1cccs1. The Hall–Kier alpha value is 0.0900. The van der Waals surface area contributed by atoms with Crippen LogP contribution in [0.5, 0.6) is 0 Å². The minimum absolute atomic E-state index is 0.247. The Kier molecular flexibility index (Phi) is 3.82. The van der Waals surface area contributed by atoms with Crippen molar-refractivity contribution >= 4 is 45.3 Å². The average Bonchev–Trinajstić information content (AvgIpc) is 2.92. The summed E-state index contributed by atoms with van der Waals surface area (Å²) in [4.78, 5) is 2.56. The summed E-state index contributed by atoms with van der Waals surface area (Å²) in [6.07, 6.45) is 0. The quantitative estimate of drug-likeness (QED) is 0.595. The molecule has 0 bridgehead atoms. The molecule has 0 aliphatic carbocycles. The predicted octanol–water partition coefficient (Wildman–Crippen LogP) is 4.13. The van der Waals surface area contributed by atoms with E-state index in [-0.39, 0.29) is 5.60 Å². The maximum atomic E-state index is 5.79. The highest BCUT2D eigenvalue weighted by Gasteiger charge is 2.35. The van der Waals surface area contributed by atoms with E-state index in [1.165, 1.54) is 9.75 Å². The molecule has 0 aliphatic heterocycles. The zero-order valence-electron chi connectivity index (χ0n) is 8.27. The van der Waals surface area contributed by atoms with E-state index >= 15 is 0 Å². The molecule has 15 heavy (non-hydrogen) atoms. The number of hydrogen-bond donors (Lipinski definition) is 0. The van der Waals surface area contributed by atoms with Gasteiger partial charge < -0.3 is 4.74 Å². The molecule has 2 heterocycles. The number of ether oxygens (including phenoxy) is 1. The van der Waals surface area contributed by atoms with Gasteiger partial charge in [0, 0.05) is 21.3 Å². The first-order valence-electron chi connectivity index (χ1n) is 4.52. The highest BCUT2D eigenvalue weighted by Crippen LogP contribution is 2.39. The molecule has 0 aromatic carbocycles. The van der Waals surface area contributed by atoms with Gasteiger partial charge in [0.1, 0.15) is 5.60 Å². The lowest BCUT2D eigenvalue weighted by Gasteiger charge is -2.28. The van der Waals surface area contributed by atoms with Gasteiger partial charge in [-0.3, -0.25) is 0 Å². The van der Waals surface area contributed by atoms with Gasteiger partial charge in [-0.15, -0.1) is 22.7 Å². The topological polar surface area (TPSA) is 9.23 Å². The van der Waals surface area contributed by atoms with Crippen molar-refractivity contribution in [3.8, 4) is 0 Å². The first kappa shape index (κ1) is 11.6. The highest BCUT2D eigenvalue weighted by atomic mass is 127. The van der Waals surface area contributed by atoms with Crippen LogP contribution in [0, 0.1) is 0 Å². The van der Waals surface area contributed by atoms with Gasteiger partial charge in [0.25, 0.3) is 0 Å². The van der Waals surface area contributed by atoms with Crippen molar-refractivity contribution in [2.75, 3.05) is 11.5 Å². The minimum atomic E-state index is -0.247. The van der Waals surface area contributed by atoms with E-state index in [1.807, 2.05) is 0 Å². The summed E-state index contributed by atoms with van der Waals surface area (Å²) in [5.74, 6) is 0. The van der Waals surface area contributed by atoms with E-state index in [0.29, 0.717) is 0 Å². The molecule has 2 rings (SSSR count). The molecule has 0 saturated heterocycles. The van der Waals surface area contributed by atoms with Gasteiger partial charge in [-0.05, 0) is 22.9 Å². The van der Waals surface area contributed by atoms with E-state index in [9.17, 15) is 0 Å². The Labute approximate surface area is 111 Å². The molecule has 0 spiro atoms. The molecule has 0 unspecified atom stereocenters. The normalized spacial score (nSPS) is 11.9. The number of alkyl halides is 1. The van der Waals surface area contributed by atoms with Crippen LogP contribution in [0.15, 0.2) is 35.0 Å². The molecule has 0 aliphatic rings. The maximum absolute atomic E-state index is 5.79. The molecular weight excluding hydrogens is 339 g/mol. The monoisotopic (exact) mass is 350 g/mol. The summed E-state index contributed by atoms with van der Waals surface area (Å²) in [5, 5.41) is 4.20. The maximum Gasteiger partial charge on any atom is 0.145 e. The number of thiophene rings is 2. The summed E-state index contributed by atoms with van der Waals surface area (Å²) in [6, 6.07) is 8.44. The molecule has 2 aromatic rings. The second-order valence-electron chi connectivity index (χ2n) is 3.12. The fourth-order valence-electron chi connectivity index (χ4n) is 1.53. The third-order valence-corrected chi connectivity index (χ3v) is 5.48. The summed E-state index contributed by atoms with van der Waals surface area (Å²) >= 11 is 5.90. The van der Waals surface area contributed by atoms with Crippen molar-refractivity contribution in [1.29, 1.82) is 0 Å². The van der Waals surface area contributed by atoms with Gasteiger partial charge >= 0.3 is 0 Å². The van der Waals surface area contributed by atoms with Crippen LogP contribution in [0.2, 0.25) is 0 Å². The molecule has 80 valence electrons. The van der Waals surface area contributed by atoms with Crippen molar-refractivity contribution in [2.45, 2.75) is 5.60 Å². The molecule has 4 heteroatoms. The summed E-state index contributed by atoms with van der Waals surface area (Å²) in [6.45, 7) is 0. The first-order chi connectivity index (χ1) is 7.33. The van der Waals surface area contributed by atoms with Crippen LogP contribution < -0.4 is 0 Å². The largest absolute Gasteiger partial charge is 0.366 e. The summed E-state index contributed by atoms with van der Waals surface area (Å²) in [5.41, 5.74) is -0.247. The van der Waals surface area contributed by atoms with Crippen LogP contribution in [0.25, 0.3) is 0 Å². The van der Waals surface area contributed by atoms with E-state index < -0.39 is 0 Å². The Morgan fingerprint density at radius 1 is 1.20 bits per heavy atom. The minimum Gasteiger partial charge on any atom is -0.366 e.